The molecular formula is C47H77N3O8S. The Morgan fingerprint density at radius 1 is 0.847 bits per heavy atom. The van der Waals surface area contributed by atoms with Gasteiger partial charge in [0.25, 0.3) is 0 Å². The van der Waals surface area contributed by atoms with E-state index in [1.165, 1.54) is 18.4 Å². The van der Waals surface area contributed by atoms with Crippen molar-refractivity contribution >= 4 is 27.9 Å². The molecule has 0 aromatic heterocycles. The molecule has 12 heteroatoms. The van der Waals surface area contributed by atoms with Gasteiger partial charge in [0.15, 0.2) is 9.84 Å². The summed E-state index contributed by atoms with van der Waals surface area (Å²) in [4.78, 5) is 40.5. The molecule has 11 nitrogen and oxygen atoms in total. The van der Waals surface area contributed by atoms with Gasteiger partial charge in [0.05, 0.1) is 36.0 Å². The Kier molecular flexibility index (Phi) is 11.8. The molecule has 3 N–H and O–H groups in total. The Balaban J connectivity index is 1.09. The van der Waals surface area contributed by atoms with Gasteiger partial charge in [-0.3, -0.25) is 14.5 Å². The third-order valence-corrected chi connectivity index (χ3v) is 20.9. The molecule has 0 radical (unpaired) electrons. The molecule has 0 bridgehead atoms. The summed E-state index contributed by atoms with van der Waals surface area (Å²) in [7, 11) is -3.01. The van der Waals surface area contributed by atoms with Crippen LogP contribution in [0.15, 0.2) is 12.2 Å². The van der Waals surface area contributed by atoms with Crippen molar-refractivity contribution in [3.05, 3.63) is 12.2 Å². The van der Waals surface area contributed by atoms with Crippen LogP contribution in [0, 0.1) is 68.5 Å². The van der Waals surface area contributed by atoms with Crippen molar-refractivity contribution < 1.29 is 37.4 Å². The van der Waals surface area contributed by atoms with Gasteiger partial charge in [-0.15, -0.1) is 0 Å². The Morgan fingerprint density at radius 2 is 1.54 bits per heavy atom. The number of hydrogen-bond donors (Lipinski definition) is 3. The lowest BCUT2D eigenvalue weighted by atomic mass is 9.32. The van der Waals surface area contributed by atoms with Crippen LogP contribution in [0.1, 0.15) is 133 Å². The average Bonchev–Trinajstić information content (AvgIpc) is 3.53. The lowest BCUT2D eigenvalue weighted by Gasteiger charge is -2.73. The van der Waals surface area contributed by atoms with Crippen molar-refractivity contribution in [1.82, 2.24) is 15.5 Å². The van der Waals surface area contributed by atoms with E-state index in [2.05, 4.69) is 63.7 Å². The monoisotopic (exact) mass is 844 g/mol. The topological polar surface area (TPSA) is 151 Å². The first kappa shape index (κ1) is 44.9. The molecule has 334 valence electrons. The van der Waals surface area contributed by atoms with Crippen LogP contribution in [0.4, 0.5) is 4.79 Å². The number of nitrogens with one attached hydrogen (secondary N) is 2. The number of allylic oxidation sites excluding steroid dienone is 1. The van der Waals surface area contributed by atoms with Crippen LogP contribution in [0.3, 0.4) is 0 Å². The molecule has 0 aromatic carbocycles. The Bertz CT molecular complexity index is 1770. The minimum atomic E-state index is -3.01. The van der Waals surface area contributed by atoms with Crippen molar-refractivity contribution in [2.75, 3.05) is 44.3 Å². The van der Waals surface area contributed by atoms with Gasteiger partial charge < -0.3 is 25.2 Å². The first-order valence-corrected chi connectivity index (χ1v) is 25.0. The van der Waals surface area contributed by atoms with E-state index in [1.54, 1.807) is 0 Å². The molecule has 7 aliphatic rings. The van der Waals surface area contributed by atoms with Gasteiger partial charge >= 0.3 is 18.0 Å². The summed E-state index contributed by atoms with van der Waals surface area (Å²) >= 11 is 0. The van der Waals surface area contributed by atoms with E-state index in [0.29, 0.717) is 68.8 Å². The molecule has 1 heterocycles. The van der Waals surface area contributed by atoms with Crippen molar-refractivity contribution in [3.8, 4) is 0 Å². The lowest BCUT2D eigenvalue weighted by Crippen LogP contribution is -2.69. The minimum Gasteiger partial charge on any atom is -0.481 e. The molecule has 1 aliphatic heterocycles. The largest absolute Gasteiger partial charge is 0.481 e. The summed E-state index contributed by atoms with van der Waals surface area (Å²) < 4.78 is 36.2. The fraction of sp³-hybridized carbons (Fsp3) is 0.894. The van der Waals surface area contributed by atoms with Crippen LogP contribution in [-0.2, 0) is 28.9 Å². The fourth-order valence-corrected chi connectivity index (χ4v) is 17.0. The number of ether oxygens (including phenoxy) is 2. The van der Waals surface area contributed by atoms with E-state index in [9.17, 15) is 27.9 Å². The maximum atomic E-state index is 13.7. The molecule has 0 spiro atoms. The van der Waals surface area contributed by atoms with Crippen LogP contribution in [-0.4, -0.2) is 98.4 Å². The summed E-state index contributed by atoms with van der Waals surface area (Å²) in [5.41, 5.74) is 0.826. The minimum absolute atomic E-state index is 0.0681. The van der Waals surface area contributed by atoms with Crippen molar-refractivity contribution in [3.63, 3.8) is 0 Å². The zero-order valence-corrected chi connectivity index (χ0v) is 38.6. The predicted octanol–water partition coefficient (Wildman–Crippen LogP) is 7.49. The highest BCUT2D eigenvalue weighted by molar-refractivity contribution is 7.91. The first-order chi connectivity index (χ1) is 27.5. The number of sulfone groups is 1. The number of rotatable bonds is 11. The molecule has 0 unspecified atom stereocenters. The number of esters is 1. The lowest BCUT2D eigenvalue weighted by molar-refractivity contribution is -0.248. The molecule has 0 aromatic rings. The maximum absolute atomic E-state index is 13.7. The van der Waals surface area contributed by atoms with E-state index in [0.717, 1.165) is 51.4 Å². The summed E-state index contributed by atoms with van der Waals surface area (Å²) in [6, 6.07) is -0.217. The summed E-state index contributed by atoms with van der Waals surface area (Å²) in [6.07, 6.45) is 10.7. The third-order valence-electron chi connectivity index (χ3n) is 19.3. The molecule has 59 heavy (non-hydrogen) atoms. The van der Waals surface area contributed by atoms with E-state index in [-0.39, 0.29) is 62.7 Å². The number of fused-ring (bicyclic) bond motifs is 7. The summed E-state index contributed by atoms with van der Waals surface area (Å²) in [5, 5.41) is 17.0. The Hall–Kier alpha value is -2.18. The van der Waals surface area contributed by atoms with Gasteiger partial charge in [-0.25, -0.2) is 13.2 Å². The number of amides is 1. The second-order valence-corrected chi connectivity index (χ2v) is 24.8. The number of carboxylic acids is 1. The van der Waals surface area contributed by atoms with E-state index in [4.69, 9.17) is 9.47 Å². The van der Waals surface area contributed by atoms with Gasteiger partial charge in [0.1, 0.15) is 6.10 Å². The van der Waals surface area contributed by atoms with E-state index >= 15 is 0 Å². The number of carbonyl (C=O) groups is 3. The quantitative estimate of drug-likeness (QED) is 0.141. The molecule has 1 saturated heterocycles. The third kappa shape index (κ3) is 7.40. The molecular weight excluding hydrogens is 767 g/mol. The highest BCUT2D eigenvalue weighted by Gasteiger charge is 2.71. The molecule has 7 rings (SSSR count). The van der Waals surface area contributed by atoms with E-state index in [1.807, 2.05) is 20.8 Å². The van der Waals surface area contributed by atoms with Crippen LogP contribution >= 0.6 is 0 Å². The molecule has 13 atom stereocenters. The maximum Gasteiger partial charge on any atom is 0.407 e. The number of aliphatic carboxylic acids is 1. The van der Waals surface area contributed by atoms with Crippen LogP contribution in [0.25, 0.3) is 0 Å². The highest BCUT2D eigenvalue weighted by Crippen LogP contribution is 2.76. The smallest absolute Gasteiger partial charge is 0.407 e. The standard InChI is InChI=1S/C47H77N3O8S/c1-11-57-41(54)49-30(28-50-22-24-59(55,56)25-23-50)27-48-47-19-14-31(29(2)3)38(47)32-12-13-36-44(8)17-16-37(58-40(53)34-26-33(39(51)52)42(34,4)5)43(6,7)35(44)15-18-46(36,10)45(32,9)20-21-47/h30-38,48H,2,11-28H2,1,3-10H3,(H,49,54)(H,51,52)/t30-,31+,32-,33+,34-,35+,36-,37+,38-,44+,45-,46-,47+/m1/s1. The Morgan fingerprint density at radius 3 is 2.17 bits per heavy atom. The highest BCUT2D eigenvalue weighted by atomic mass is 32.2. The number of carboxylic acid groups (broad SMARTS) is 1. The van der Waals surface area contributed by atoms with Gasteiger partial charge in [-0.05, 0) is 136 Å². The number of alkyl carbamates (subject to hydrolysis) is 1. The zero-order chi connectivity index (χ0) is 43.1. The SMILES string of the molecule is C=C(C)[C@@H]1CC[C@]2(NC[C@H](CN3CCS(=O)(=O)CC3)NC(=O)OCC)CC[C@]3(C)[C@H](CC[C@@H]4[C@@]5(C)CC[C@H](OC(=O)[C@H]6C[C@@H](C(=O)O)C6(C)C)C(C)(C)[C@@H]5CC[C@]43C)[C@@H]12. The van der Waals surface area contributed by atoms with Crippen LogP contribution in [0.2, 0.25) is 0 Å². The van der Waals surface area contributed by atoms with E-state index < -0.39 is 33.2 Å². The Labute approximate surface area is 355 Å². The second-order valence-electron chi connectivity index (χ2n) is 22.5. The summed E-state index contributed by atoms with van der Waals surface area (Å²) in [5.74, 6) is 0.761. The van der Waals surface area contributed by atoms with Crippen molar-refractivity contribution in [1.29, 1.82) is 0 Å². The molecule has 1 amide bonds. The molecule has 6 aliphatic carbocycles. The van der Waals surface area contributed by atoms with Gasteiger partial charge in [-0.2, -0.15) is 0 Å². The number of carbonyl (C=O) groups excluding carboxylic acids is 2. The average molecular weight is 844 g/mol. The normalized spacial score (nSPS) is 43.6. The first-order valence-electron chi connectivity index (χ1n) is 23.2. The fourth-order valence-electron chi connectivity index (χ4n) is 15.7. The van der Waals surface area contributed by atoms with Crippen LogP contribution in [0.5, 0.6) is 0 Å². The number of nitrogens with zero attached hydrogens (tertiary/aromatic N) is 1. The zero-order valence-electron chi connectivity index (χ0n) is 37.8. The van der Waals surface area contributed by atoms with Gasteiger partial charge in [-0.1, -0.05) is 60.6 Å². The van der Waals surface area contributed by atoms with Gasteiger partial charge in [0, 0.05) is 37.1 Å². The molecule has 6 saturated carbocycles. The van der Waals surface area contributed by atoms with Crippen molar-refractivity contribution in [2.24, 2.45) is 68.5 Å². The number of hydrogen-bond acceptors (Lipinski definition) is 9. The second kappa shape index (κ2) is 15.6. The molecule has 7 fully saturated rings. The summed E-state index contributed by atoms with van der Waals surface area (Å²) in [6.45, 7) is 27.4. The predicted molar refractivity (Wildman–Crippen MR) is 229 cm³/mol. The van der Waals surface area contributed by atoms with Crippen molar-refractivity contribution in [2.45, 2.75) is 151 Å². The van der Waals surface area contributed by atoms with Crippen LogP contribution < -0.4 is 10.6 Å². The van der Waals surface area contributed by atoms with Gasteiger partial charge in [0.2, 0.25) is 0 Å².